The van der Waals surface area contributed by atoms with E-state index >= 15 is 0 Å². The summed E-state index contributed by atoms with van der Waals surface area (Å²) in [6.07, 6.45) is 1.99. The first kappa shape index (κ1) is 23.9. The highest BCUT2D eigenvalue weighted by Gasteiger charge is 2.22. The second-order valence-corrected chi connectivity index (χ2v) is 7.96. The molecule has 0 aliphatic heterocycles. The van der Waals surface area contributed by atoms with Crippen molar-refractivity contribution in [2.75, 3.05) is 33.5 Å². The first-order chi connectivity index (χ1) is 11.1. The lowest BCUT2D eigenvalue weighted by molar-refractivity contribution is 0.414. The third-order valence-electron chi connectivity index (χ3n) is 3.25. The zero-order valence-corrected chi connectivity index (χ0v) is 18.6. The van der Waals surface area contributed by atoms with Gasteiger partial charge in [0.25, 0.3) is 0 Å². The van der Waals surface area contributed by atoms with Crippen LogP contribution < -0.4 is 20.1 Å². The lowest BCUT2D eigenvalue weighted by Crippen LogP contribution is -2.53. The average Bonchev–Trinajstić information content (AvgIpc) is 2.49. The molecule has 0 heterocycles. The van der Waals surface area contributed by atoms with E-state index in [0.29, 0.717) is 19.0 Å². The van der Waals surface area contributed by atoms with Gasteiger partial charge in [0.2, 0.25) is 10.0 Å². The number of aliphatic imine (C=N–C) groups is 1. The van der Waals surface area contributed by atoms with E-state index in [-0.39, 0.29) is 24.0 Å². The zero-order valence-electron chi connectivity index (χ0n) is 15.4. The van der Waals surface area contributed by atoms with E-state index in [0.717, 1.165) is 18.4 Å². The Balaban J connectivity index is 0.00000576. The van der Waals surface area contributed by atoms with Gasteiger partial charge in [-0.3, -0.25) is 4.99 Å². The van der Waals surface area contributed by atoms with E-state index < -0.39 is 15.6 Å². The van der Waals surface area contributed by atoms with Crippen molar-refractivity contribution in [3.8, 4) is 5.75 Å². The molecule has 0 spiro atoms. The Morgan fingerprint density at radius 1 is 1.20 bits per heavy atom. The molecule has 9 heteroatoms. The number of ether oxygens (including phenoxy) is 1. The summed E-state index contributed by atoms with van der Waals surface area (Å²) in [4.78, 5) is 4.14. The number of hydrogen-bond acceptors (Lipinski definition) is 4. The molecule has 0 aliphatic rings. The summed E-state index contributed by atoms with van der Waals surface area (Å²) in [6, 6.07) is 7.91. The van der Waals surface area contributed by atoms with Crippen molar-refractivity contribution in [3.63, 3.8) is 0 Å². The number of benzene rings is 1. The van der Waals surface area contributed by atoms with Crippen LogP contribution >= 0.6 is 24.0 Å². The number of guanidine groups is 1. The minimum atomic E-state index is -3.26. The van der Waals surface area contributed by atoms with Crippen LogP contribution in [0.4, 0.5) is 0 Å². The van der Waals surface area contributed by atoms with Crippen LogP contribution in [0, 0.1) is 0 Å². The number of sulfonamides is 1. The van der Waals surface area contributed by atoms with Crippen LogP contribution in [0.2, 0.25) is 0 Å². The molecular formula is C16H29IN4O3S. The number of halogens is 1. The minimum Gasteiger partial charge on any atom is -0.497 e. The quantitative estimate of drug-likeness (QED) is 0.295. The van der Waals surface area contributed by atoms with E-state index in [9.17, 15) is 8.42 Å². The topological polar surface area (TPSA) is 91.8 Å². The third-order valence-corrected chi connectivity index (χ3v) is 4.17. The van der Waals surface area contributed by atoms with Crippen molar-refractivity contribution in [1.29, 1.82) is 0 Å². The van der Waals surface area contributed by atoms with E-state index in [1.54, 1.807) is 14.2 Å². The fraction of sp³-hybridized carbons (Fsp3) is 0.562. The molecule has 0 atom stereocenters. The minimum absolute atomic E-state index is 0. The van der Waals surface area contributed by atoms with Gasteiger partial charge in [0.1, 0.15) is 5.75 Å². The molecule has 0 radical (unpaired) electrons. The number of rotatable bonds is 8. The Bertz CT molecular complexity index is 646. The van der Waals surface area contributed by atoms with Crippen molar-refractivity contribution in [2.24, 2.45) is 4.99 Å². The molecule has 0 aromatic heterocycles. The Morgan fingerprint density at radius 3 is 2.28 bits per heavy atom. The summed E-state index contributed by atoms with van der Waals surface area (Å²) in [5.41, 5.74) is 0.582. The van der Waals surface area contributed by atoms with E-state index in [1.807, 2.05) is 38.1 Å². The van der Waals surface area contributed by atoms with Crippen LogP contribution in [0.3, 0.4) is 0 Å². The molecule has 7 nitrogen and oxygen atoms in total. The normalized spacial score (nSPS) is 12.3. The van der Waals surface area contributed by atoms with Gasteiger partial charge in [-0.25, -0.2) is 13.1 Å². The van der Waals surface area contributed by atoms with Gasteiger partial charge >= 0.3 is 0 Å². The molecule has 3 N–H and O–H groups in total. The van der Waals surface area contributed by atoms with Crippen molar-refractivity contribution in [3.05, 3.63) is 29.8 Å². The number of methoxy groups -OCH3 is 1. The molecule has 0 saturated heterocycles. The molecular weight excluding hydrogens is 455 g/mol. The maximum absolute atomic E-state index is 11.3. The highest BCUT2D eigenvalue weighted by Crippen LogP contribution is 2.11. The smallest absolute Gasteiger partial charge is 0.209 e. The lowest BCUT2D eigenvalue weighted by atomic mass is 10.1. The first-order valence-corrected chi connectivity index (χ1v) is 9.61. The number of nitrogens with one attached hydrogen (secondary N) is 3. The molecule has 144 valence electrons. The summed E-state index contributed by atoms with van der Waals surface area (Å²) >= 11 is 0. The number of nitrogens with zero attached hydrogens (tertiary/aromatic N) is 1. The van der Waals surface area contributed by atoms with Gasteiger partial charge in [0, 0.05) is 25.7 Å². The summed E-state index contributed by atoms with van der Waals surface area (Å²) < 4.78 is 30.4. The SMILES string of the molecule is CN=C(NCCc1ccc(OC)cc1)NCC(C)(C)NS(C)(=O)=O.I. The van der Waals surface area contributed by atoms with Crippen LogP contribution in [0.15, 0.2) is 29.3 Å². The molecule has 0 saturated carbocycles. The van der Waals surface area contributed by atoms with Gasteiger partial charge in [-0.2, -0.15) is 0 Å². The average molecular weight is 484 g/mol. The highest BCUT2D eigenvalue weighted by atomic mass is 127. The van der Waals surface area contributed by atoms with Gasteiger partial charge in [0.15, 0.2) is 5.96 Å². The molecule has 0 unspecified atom stereocenters. The second-order valence-electron chi connectivity index (χ2n) is 6.21. The van der Waals surface area contributed by atoms with Gasteiger partial charge in [-0.1, -0.05) is 12.1 Å². The Hall–Kier alpha value is -1.07. The van der Waals surface area contributed by atoms with Gasteiger partial charge < -0.3 is 15.4 Å². The van der Waals surface area contributed by atoms with E-state index in [1.165, 1.54) is 5.56 Å². The Morgan fingerprint density at radius 2 is 1.80 bits per heavy atom. The summed E-state index contributed by atoms with van der Waals surface area (Å²) in [5, 5.41) is 6.34. The molecule has 25 heavy (non-hydrogen) atoms. The fourth-order valence-electron chi connectivity index (χ4n) is 2.18. The standard InChI is InChI=1S/C16H28N4O3S.HI/c1-16(2,20-24(5,21)22)12-19-15(17-3)18-11-10-13-6-8-14(23-4)9-7-13;/h6-9,20H,10-12H2,1-5H3,(H2,17,18,19);1H. The summed E-state index contributed by atoms with van der Waals surface area (Å²) in [7, 11) is 0.0697. The van der Waals surface area contributed by atoms with Crippen LogP contribution in [0.5, 0.6) is 5.75 Å². The molecule has 1 aromatic carbocycles. The maximum Gasteiger partial charge on any atom is 0.209 e. The van der Waals surface area contributed by atoms with Crippen molar-refractivity contribution < 1.29 is 13.2 Å². The fourth-order valence-corrected chi connectivity index (χ4v) is 3.26. The monoisotopic (exact) mass is 484 g/mol. The Labute approximate surface area is 168 Å². The summed E-state index contributed by atoms with van der Waals surface area (Å²) in [5.74, 6) is 1.47. The van der Waals surface area contributed by atoms with Gasteiger partial charge in [0.05, 0.1) is 13.4 Å². The van der Waals surface area contributed by atoms with E-state index in [2.05, 4.69) is 20.3 Å². The van der Waals surface area contributed by atoms with Gasteiger partial charge in [-0.05, 0) is 38.0 Å². The zero-order chi connectivity index (χ0) is 18.2. The third kappa shape index (κ3) is 10.5. The van der Waals surface area contributed by atoms with Crippen molar-refractivity contribution in [1.82, 2.24) is 15.4 Å². The second kappa shape index (κ2) is 10.8. The van der Waals surface area contributed by atoms with Gasteiger partial charge in [-0.15, -0.1) is 24.0 Å². The molecule has 0 bridgehead atoms. The van der Waals surface area contributed by atoms with Crippen LogP contribution in [-0.2, 0) is 16.4 Å². The molecule has 1 aromatic rings. The van der Waals surface area contributed by atoms with Crippen molar-refractivity contribution in [2.45, 2.75) is 25.8 Å². The van der Waals surface area contributed by atoms with Crippen LogP contribution in [0.1, 0.15) is 19.4 Å². The molecule has 0 aliphatic carbocycles. The predicted octanol–water partition coefficient (Wildman–Crippen LogP) is 1.35. The number of hydrogen-bond donors (Lipinski definition) is 3. The maximum atomic E-state index is 11.3. The highest BCUT2D eigenvalue weighted by molar-refractivity contribution is 14.0. The summed E-state index contributed by atoms with van der Waals surface area (Å²) in [6.45, 7) is 4.76. The van der Waals surface area contributed by atoms with E-state index in [4.69, 9.17) is 4.74 Å². The molecule has 0 amide bonds. The van der Waals surface area contributed by atoms with Crippen molar-refractivity contribution >= 4 is 40.0 Å². The Kier molecular flexibility index (Phi) is 10.4. The van der Waals surface area contributed by atoms with Crippen LogP contribution in [0.25, 0.3) is 0 Å². The van der Waals surface area contributed by atoms with Crippen LogP contribution in [-0.4, -0.2) is 53.4 Å². The molecule has 1 rings (SSSR count). The lowest BCUT2D eigenvalue weighted by Gasteiger charge is -2.26. The first-order valence-electron chi connectivity index (χ1n) is 7.71. The predicted molar refractivity (Wildman–Crippen MR) is 114 cm³/mol. The molecule has 0 fully saturated rings. The largest absolute Gasteiger partial charge is 0.497 e.